The van der Waals surface area contributed by atoms with Crippen LogP contribution in [-0.2, 0) is 0 Å². The average molecular weight is 683 g/mol. The molecule has 54 heavy (non-hydrogen) atoms. The molecule has 0 atom stereocenters. The van der Waals surface area contributed by atoms with E-state index in [0.29, 0.717) is 0 Å². The van der Waals surface area contributed by atoms with Crippen molar-refractivity contribution < 1.29 is 0 Å². The van der Waals surface area contributed by atoms with Gasteiger partial charge in [0.1, 0.15) is 0 Å². The molecule has 0 unspecified atom stereocenters. The van der Waals surface area contributed by atoms with Crippen molar-refractivity contribution in [2.45, 2.75) is 0 Å². The molecule has 0 N–H and O–H groups in total. The van der Waals surface area contributed by atoms with E-state index in [4.69, 9.17) is 0 Å². The van der Waals surface area contributed by atoms with Gasteiger partial charge in [0.05, 0.1) is 0 Å². The molecule has 0 aliphatic heterocycles. The second-order valence-electron chi connectivity index (χ2n) is 14.5. The molecule has 0 aliphatic rings. The Morgan fingerprint density at radius 1 is 0.185 bits per heavy atom. The summed E-state index contributed by atoms with van der Waals surface area (Å²) in [6.07, 6.45) is 0. The SMILES string of the molecule is c1ccc2cc(-c3cc4c(-c5ccc6ccccc6c5)c5ccccc5c(-c5cccc6ccccc56)c4cc3-c3ccc4ccccc4c3)ccc2c1. The minimum Gasteiger partial charge on any atom is -0.0616 e. The second-order valence-corrected chi connectivity index (χ2v) is 14.5. The van der Waals surface area contributed by atoms with Gasteiger partial charge in [0.25, 0.3) is 0 Å². The van der Waals surface area contributed by atoms with Gasteiger partial charge in [0.15, 0.2) is 0 Å². The summed E-state index contributed by atoms with van der Waals surface area (Å²) in [6, 6.07) is 76.5. The van der Waals surface area contributed by atoms with Crippen LogP contribution < -0.4 is 0 Å². The summed E-state index contributed by atoms with van der Waals surface area (Å²) >= 11 is 0. The van der Waals surface area contributed by atoms with Crippen molar-refractivity contribution in [3.8, 4) is 44.5 Å². The average Bonchev–Trinajstić information content (AvgIpc) is 3.24. The Balaban J connectivity index is 1.34. The fourth-order valence-corrected chi connectivity index (χ4v) is 8.80. The van der Waals surface area contributed by atoms with Crippen molar-refractivity contribution in [3.05, 3.63) is 206 Å². The highest BCUT2D eigenvalue weighted by molar-refractivity contribution is 6.25. The fourth-order valence-electron chi connectivity index (χ4n) is 8.80. The lowest BCUT2D eigenvalue weighted by Gasteiger charge is -2.22. The lowest BCUT2D eigenvalue weighted by atomic mass is 9.81. The van der Waals surface area contributed by atoms with Crippen molar-refractivity contribution >= 4 is 64.6 Å². The van der Waals surface area contributed by atoms with Gasteiger partial charge in [-0.2, -0.15) is 0 Å². The molecule has 0 aliphatic carbocycles. The normalized spacial score (nSPS) is 11.7. The molecule has 11 aromatic carbocycles. The van der Waals surface area contributed by atoms with Crippen LogP contribution in [0.1, 0.15) is 0 Å². The van der Waals surface area contributed by atoms with Crippen molar-refractivity contribution in [2.75, 3.05) is 0 Å². The van der Waals surface area contributed by atoms with Crippen LogP contribution in [0, 0.1) is 0 Å². The van der Waals surface area contributed by atoms with Gasteiger partial charge in [-0.1, -0.05) is 176 Å². The lowest BCUT2D eigenvalue weighted by molar-refractivity contribution is 1.63. The van der Waals surface area contributed by atoms with E-state index < -0.39 is 0 Å². The predicted octanol–water partition coefficient (Wildman–Crippen LogP) is 15.3. The van der Waals surface area contributed by atoms with E-state index in [9.17, 15) is 0 Å². The Labute approximate surface area is 314 Å². The smallest absolute Gasteiger partial charge is 0.00199 e. The molecule has 250 valence electrons. The Morgan fingerprint density at radius 2 is 0.574 bits per heavy atom. The molecule has 0 amide bonds. The van der Waals surface area contributed by atoms with Gasteiger partial charge in [-0.25, -0.2) is 0 Å². The van der Waals surface area contributed by atoms with Gasteiger partial charge in [-0.15, -0.1) is 0 Å². The molecule has 0 saturated carbocycles. The zero-order valence-electron chi connectivity index (χ0n) is 29.6. The van der Waals surface area contributed by atoms with Crippen molar-refractivity contribution in [2.24, 2.45) is 0 Å². The maximum atomic E-state index is 2.50. The number of benzene rings is 11. The van der Waals surface area contributed by atoms with Gasteiger partial charge < -0.3 is 0 Å². The lowest BCUT2D eigenvalue weighted by Crippen LogP contribution is -1.95. The van der Waals surface area contributed by atoms with Crippen LogP contribution in [0.15, 0.2) is 206 Å². The molecule has 0 aromatic heterocycles. The van der Waals surface area contributed by atoms with Crippen LogP contribution in [0.4, 0.5) is 0 Å². The van der Waals surface area contributed by atoms with E-state index in [1.807, 2.05) is 0 Å². The summed E-state index contributed by atoms with van der Waals surface area (Å²) in [7, 11) is 0. The van der Waals surface area contributed by atoms with E-state index in [1.165, 1.54) is 109 Å². The molecule has 0 fully saturated rings. The van der Waals surface area contributed by atoms with Crippen LogP contribution in [-0.4, -0.2) is 0 Å². The highest BCUT2D eigenvalue weighted by Gasteiger charge is 2.21. The van der Waals surface area contributed by atoms with Gasteiger partial charge in [0, 0.05) is 0 Å². The molecular formula is C54H34. The Hall–Kier alpha value is -7.02. The molecule has 11 aromatic rings. The first-order valence-electron chi connectivity index (χ1n) is 18.7. The molecule has 0 heterocycles. The number of hydrogen-bond acceptors (Lipinski definition) is 0. The minimum atomic E-state index is 1.21. The highest BCUT2D eigenvalue weighted by atomic mass is 14.2. The van der Waals surface area contributed by atoms with Gasteiger partial charge in [-0.05, 0) is 139 Å². The largest absolute Gasteiger partial charge is 0.0616 e. The number of hydrogen-bond donors (Lipinski definition) is 0. The summed E-state index contributed by atoms with van der Waals surface area (Å²) in [5, 5.41) is 15.0. The van der Waals surface area contributed by atoms with Crippen LogP contribution in [0.3, 0.4) is 0 Å². The van der Waals surface area contributed by atoms with E-state index in [1.54, 1.807) is 0 Å². The molecule has 0 bridgehead atoms. The predicted molar refractivity (Wildman–Crippen MR) is 233 cm³/mol. The highest BCUT2D eigenvalue weighted by Crippen LogP contribution is 2.49. The van der Waals surface area contributed by atoms with Crippen molar-refractivity contribution in [1.82, 2.24) is 0 Å². The van der Waals surface area contributed by atoms with Crippen molar-refractivity contribution in [1.29, 1.82) is 0 Å². The first kappa shape index (κ1) is 30.6. The fraction of sp³-hybridized carbons (Fsp3) is 0. The molecule has 0 heteroatoms. The van der Waals surface area contributed by atoms with Gasteiger partial charge >= 0.3 is 0 Å². The molecular weight excluding hydrogens is 649 g/mol. The third-order valence-corrected chi connectivity index (χ3v) is 11.4. The molecule has 11 rings (SSSR count). The standard InChI is InChI=1S/C54H34/c1-4-16-39-30-42(27-24-35(39)12-1)49-33-51-52(34-50(49)43-28-25-36-13-2-5-17-40(36)31-43)54(46-23-11-19-38-15-7-8-20-45(38)46)48-22-10-9-21-47(48)53(51)44-29-26-37-14-3-6-18-41(37)32-44/h1-34H. The monoisotopic (exact) mass is 682 g/mol. The number of fused-ring (bicyclic) bond motifs is 6. The molecule has 0 radical (unpaired) electrons. The summed E-state index contributed by atoms with van der Waals surface area (Å²) in [4.78, 5) is 0. The summed E-state index contributed by atoms with van der Waals surface area (Å²) in [5.41, 5.74) is 9.89. The van der Waals surface area contributed by atoms with Crippen molar-refractivity contribution in [3.63, 3.8) is 0 Å². The summed E-state index contributed by atoms with van der Waals surface area (Å²) in [5.74, 6) is 0. The topological polar surface area (TPSA) is 0 Å². The number of rotatable bonds is 4. The first-order chi connectivity index (χ1) is 26.8. The Kier molecular flexibility index (Phi) is 6.97. The maximum Gasteiger partial charge on any atom is -0.00199 e. The third-order valence-electron chi connectivity index (χ3n) is 11.4. The van der Waals surface area contributed by atoms with Crippen LogP contribution >= 0.6 is 0 Å². The third kappa shape index (κ3) is 4.92. The van der Waals surface area contributed by atoms with E-state index >= 15 is 0 Å². The molecule has 0 saturated heterocycles. The zero-order chi connectivity index (χ0) is 35.6. The summed E-state index contributed by atoms with van der Waals surface area (Å²) < 4.78 is 0. The Bertz CT molecular complexity index is 3270. The van der Waals surface area contributed by atoms with E-state index in [2.05, 4.69) is 206 Å². The van der Waals surface area contributed by atoms with Gasteiger partial charge in [0.2, 0.25) is 0 Å². The quantitative estimate of drug-likeness (QED) is 0.162. The zero-order valence-corrected chi connectivity index (χ0v) is 29.6. The molecule has 0 nitrogen and oxygen atoms in total. The van der Waals surface area contributed by atoms with Crippen LogP contribution in [0.25, 0.3) is 109 Å². The molecule has 0 spiro atoms. The second kappa shape index (κ2) is 12.3. The first-order valence-corrected chi connectivity index (χ1v) is 18.7. The van der Waals surface area contributed by atoms with E-state index in [0.717, 1.165) is 0 Å². The minimum absolute atomic E-state index is 1.21. The maximum absolute atomic E-state index is 2.50. The Morgan fingerprint density at radius 3 is 1.13 bits per heavy atom. The van der Waals surface area contributed by atoms with E-state index in [-0.39, 0.29) is 0 Å². The van der Waals surface area contributed by atoms with Gasteiger partial charge in [-0.3, -0.25) is 0 Å². The van der Waals surface area contributed by atoms with Crippen LogP contribution in [0.5, 0.6) is 0 Å². The summed E-state index contributed by atoms with van der Waals surface area (Å²) in [6.45, 7) is 0. The van der Waals surface area contributed by atoms with Crippen LogP contribution in [0.2, 0.25) is 0 Å².